The van der Waals surface area contributed by atoms with Gasteiger partial charge < -0.3 is 0 Å². The first-order valence-corrected chi connectivity index (χ1v) is 7.78. The molecule has 4 nitrogen and oxygen atoms in total. The quantitative estimate of drug-likeness (QED) is 0.681. The molecule has 0 atom stereocenters. The van der Waals surface area contributed by atoms with Gasteiger partial charge in [-0.1, -0.05) is 11.6 Å². The largest absolute Gasteiger partial charge is 0.281 e. The summed E-state index contributed by atoms with van der Waals surface area (Å²) in [5.41, 5.74) is 4.27. The molecule has 6 heteroatoms. The second-order valence-corrected chi connectivity index (χ2v) is 6.17. The molecule has 1 aromatic carbocycles. The lowest BCUT2D eigenvalue weighted by Crippen LogP contribution is -2.14. The van der Waals surface area contributed by atoms with Crippen molar-refractivity contribution >= 4 is 11.6 Å². The van der Waals surface area contributed by atoms with Gasteiger partial charge in [0.2, 0.25) is 0 Å². The third kappa shape index (κ3) is 2.15. The maximum atomic E-state index is 13.8. The van der Waals surface area contributed by atoms with Crippen molar-refractivity contribution in [3.63, 3.8) is 0 Å². The molecule has 0 saturated carbocycles. The van der Waals surface area contributed by atoms with Gasteiger partial charge in [0, 0.05) is 18.2 Å². The Morgan fingerprint density at radius 2 is 1.96 bits per heavy atom. The second kappa shape index (κ2) is 5.13. The third-order valence-electron chi connectivity index (χ3n) is 4.34. The van der Waals surface area contributed by atoms with Gasteiger partial charge in [0.25, 0.3) is 0 Å². The van der Waals surface area contributed by atoms with E-state index in [0.717, 1.165) is 46.9 Å². The van der Waals surface area contributed by atoms with Crippen LogP contribution in [0.25, 0.3) is 16.8 Å². The molecule has 0 radical (unpaired) electrons. The summed E-state index contributed by atoms with van der Waals surface area (Å²) in [5.74, 6) is 1.43. The molecule has 0 N–H and O–H groups in total. The number of fused-ring (bicyclic) bond motifs is 3. The van der Waals surface area contributed by atoms with Gasteiger partial charge in [0.05, 0.1) is 16.9 Å². The fraction of sp³-hybridized carbons (Fsp3) is 0.235. The molecule has 116 valence electrons. The molecule has 0 amide bonds. The summed E-state index contributed by atoms with van der Waals surface area (Å²) in [5, 5.41) is 8.95. The van der Waals surface area contributed by atoms with Gasteiger partial charge in [-0.2, -0.15) is 0 Å². The lowest BCUT2D eigenvalue weighted by atomic mass is 9.95. The minimum absolute atomic E-state index is 0.312. The van der Waals surface area contributed by atoms with Crippen molar-refractivity contribution in [3.05, 3.63) is 58.1 Å². The Bertz CT molecular complexity index is 933. The van der Waals surface area contributed by atoms with Crippen LogP contribution in [-0.2, 0) is 12.8 Å². The van der Waals surface area contributed by atoms with E-state index < -0.39 is 0 Å². The van der Waals surface area contributed by atoms with Crippen LogP contribution in [0.4, 0.5) is 4.39 Å². The summed E-state index contributed by atoms with van der Waals surface area (Å²) < 4.78 is 15.8. The molecule has 0 fully saturated rings. The van der Waals surface area contributed by atoms with Gasteiger partial charge in [0.1, 0.15) is 17.5 Å². The zero-order valence-corrected chi connectivity index (χ0v) is 13.5. The number of nitrogens with zero attached hydrogens (tertiary/aromatic N) is 4. The van der Waals surface area contributed by atoms with Crippen molar-refractivity contribution in [1.82, 2.24) is 19.7 Å². The van der Waals surface area contributed by atoms with Crippen LogP contribution in [-0.4, -0.2) is 19.7 Å². The second-order valence-electron chi connectivity index (χ2n) is 5.76. The summed E-state index contributed by atoms with van der Waals surface area (Å²) >= 11 is 6.56. The van der Waals surface area contributed by atoms with E-state index in [1.807, 2.05) is 17.6 Å². The Morgan fingerprint density at radius 3 is 2.78 bits per heavy atom. The standard InChI is InChI=1S/C17H14ClFN4/c1-9-13(7-20-8-15(9)19)12-5-11-3-4-16-22-21-10(2)23(16)17(11)14(18)6-12/h5-8H,3-4H2,1-2H3. The fourth-order valence-electron chi connectivity index (χ4n) is 3.15. The predicted octanol–water partition coefficient (Wildman–Crippen LogP) is 3.84. The Hall–Kier alpha value is -2.27. The highest BCUT2D eigenvalue weighted by Gasteiger charge is 2.23. The molecule has 23 heavy (non-hydrogen) atoms. The maximum Gasteiger partial charge on any atom is 0.145 e. The smallest absolute Gasteiger partial charge is 0.145 e. The van der Waals surface area contributed by atoms with Crippen LogP contribution in [0.3, 0.4) is 0 Å². The summed E-state index contributed by atoms with van der Waals surface area (Å²) in [6, 6.07) is 3.92. The van der Waals surface area contributed by atoms with Crippen LogP contribution in [0, 0.1) is 19.7 Å². The van der Waals surface area contributed by atoms with Crippen LogP contribution in [0.1, 0.15) is 22.8 Å². The van der Waals surface area contributed by atoms with E-state index in [9.17, 15) is 4.39 Å². The molecule has 0 spiro atoms. The monoisotopic (exact) mass is 328 g/mol. The Morgan fingerprint density at radius 1 is 1.13 bits per heavy atom. The van der Waals surface area contributed by atoms with Crippen molar-refractivity contribution in [1.29, 1.82) is 0 Å². The molecule has 0 aliphatic carbocycles. The lowest BCUT2D eigenvalue weighted by Gasteiger charge is -2.21. The number of rotatable bonds is 1. The van der Waals surface area contributed by atoms with E-state index >= 15 is 0 Å². The van der Waals surface area contributed by atoms with Crippen LogP contribution in [0.15, 0.2) is 24.5 Å². The molecule has 0 saturated heterocycles. The van der Waals surface area contributed by atoms with E-state index in [2.05, 4.69) is 21.2 Å². The zero-order chi connectivity index (χ0) is 16.1. The normalized spacial score (nSPS) is 12.9. The lowest BCUT2D eigenvalue weighted by molar-refractivity contribution is 0.613. The van der Waals surface area contributed by atoms with Crippen molar-refractivity contribution in [2.24, 2.45) is 0 Å². The van der Waals surface area contributed by atoms with Gasteiger partial charge >= 0.3 is 0 Å². The highest BCUT2D eigenvalue weighted by Crippen LogP contribution is 2.36. The SMILES string of the molecule is Cc1c(F)cncc1-c1cc(Cl)c2c(c1)CCc1nnc(C)n1-2. The predicted molar refractivity (Wildman–Crippen MR) is 86.4 cm³/mol. The number of benzene rings is 1. The van der Waals surface area contributed by atoms with Gasteiger partial charge in [-0.15, -0.1) is 10.2 Å². The number of aromatic nitrogens is 4. The van der Waals surface area contributed by atoms with Crippen molar-refractivity contribution in [2.45, 2.75) is 26.7 Å². The zero-order valence-electron chi connectivity index (χ0n) is 12.8. The molecular formula is C17H14ClFN4. The molecule has 4 rings (SSSR count). The Balaban J connectivity index is 1.94. The number of pyridine rings is 1. The topological polar surface area (TPSA) is 43.6 Å². The van der Waals surface area contributed by atoms with Crippen molar-refractivity contribution in [2.75, 3.05) is 0 Å². The molecule has 2 aromatic heterocycles. The molecule has 1 aliphatic heterocycles. The van der Waals surface area contributed by atoms with Gasteiger partial charge in [-0.25, -0.2) is 4.39 Å². The third-order valence-corrected chi connectivity index (χ3v) is 4.63. The molecule has 0 bridgehead atoms. The first kappa shape index (κ1) is 14.3. The fourth-order valence-corrected chi connectivity index (χ4v) is 3.47. The minimum Gasteiger partial charge on any atom is -0.281 e. The number of hydrogen-bond acceptors (Lipinski definition) is 3. The van der Waals surface area contributed by atoms with Crippen LogP contribution < -0.4 is 0 Å². The van der Waals surface area contributed by atoms with E-state index in [1.165, 1.54) is 6.20 Å². The van der Waals surface area contributed by atoms with Crippen molar-refractivity contribution in [3.8, 4) is 16.8 Å². The van der Waals surface area contributed by atoms with E-state index in [0.29, 0.717) is 10.6 Å². The number of hydrogen-bond donors (Lipinski definition) is 0. The van der Waals surface area contributed by atoms with Crippen LogP contribution >= 0.6 is 11.6 Å². The average Bonchev–Trinajstić information content (AvgIpc) is 2.91. The summed E-state index contributed by atoms with van der Waals surface area (Å²) in [7, 11) is 0. The summed E-state index contributed by atoms with van der Waals surface area (Å²) in [4.78, 5) is 3.96. The molecule has 1 aliphatic rings. The number of aryl methyl sites for hydroxylation is 3. The highest BCUT2D eigenvalue weighted by atomic mass is 35.5. The van der Waals surface area contributed by atoms with Crippen molar-refractivity contribution < 1.29 is 4.39 Å². The van der Waals surface area contributed by atoms with E-state index in [-0.39, 0.29) is 5.82 Å². The van der Waals surface area contributed by atoms with Gasteiger partial charge in [-0.3, -0.25) is 9.55 Å². The van der Waals surface area contributed by atoms with Gasteiger partial charge in [-0.05, 0) is 49.1 Å². The minimum atomic E-state index is -0.312. The first-order valence-electron chi connectivity index (χ1n) is 7.40. The molecular weight excluding hydrogens is 315 g/mol. The van der Waals surface area contributed by atoms with Crippen LogP contribution in [0.2, 0.25) is 5.02 Å². The summed E-state index contributed by atoms with van der Waals surface area (Å²) in [6.07, 6.45) is 4.55. The molecule has 3 heterocycles. The molecule has 0 unspecified atom stereocenters. The van der Waals surface area contributed by atoms with Gasteiger partial charge in [0.15, 0.2) is 0 Å². The summed E-state index contributed by atoms with van der Waals surface area (Å²) in [6.45, 7) is 3.66. The Kier molecular flexibility index (Phi) is 3.20. The average molecular weight is 329 g/mol. The molecule has 3 aromatic rings. The van der Waals surface area contributed by atoms with E-state index in [4.69, 9.17) is 11.6 Å². The van der Waals surface area contributed by atoms with Crippen LogP contribution in [0.5, 0.6) is 0 Å². The van der Waals surface area contributed by atoms with E-state index in [1.54, 1.807) is 13.1 Å². The number of halogens is 2. The first-order chi connectivity index (χ1) is 11.1. The maximum absolute atomic E-state index is 13.8. The highest BCUT2D eigenvalue weighted by molar-refractivity contribution is 6.33. The Labute approximate surface area is 138 Å².